The number of fused-ring (bicyclic) bond motifs is 1. The van der Waals surface area contributed by atoms with Crippen molar-refractivity contribution in [2.45, 2.75) is 13.8 Å². The van der Waals surface area contributed by atoms with Crippen LogP contribution in [0.5, 0.6) is 0 Å². The highest BCUT2D eigenvalue weighted by atomic mass is 19.1. The highest BCUT2D eigenvalue weighted by molar-refractivity contribution is 5.90. The van der Waals surface area contributed by atoms with Crippen LogP contribution in [0.2, 0.25) is 0 Å². The van der Waals surface area contributed by atoms with Crippen molar-refractivity contribution in [2.24, 2.45) is 0 Å². The summed E-state index contributed by atoms with van der Waals surface area (Å²) in [6, 6.07) is 4.94. The van der Waals surface area contributed by atoms with Crippen LogP contribution in [-0.4, -0.2) is 26.7 Å². The number of aryl methyl sites for hydroxylation is 1. The molecule has 0 aliphatic heterocycles. The standard InChI is InChI=1S/C14H14FN5/c1-3-16-14-18-12(10-7-17-20-13(10)19-14)9-4-5-11(15)8(2)6-9/h4-7H,3H2,1-2H3,(H2,16,17,18,19,20). The largest absolute Gasteiger partial charge is 0.354 e. The molecule has 3 aromatic rings. The van der Waals surface area contributed by atoms with Crippen LogP contribution in [0.15, 0.2) is 24.4 Å². The Hall–Kier alpha value is -2.50. The molecule has 0 unspecified atom stereocenters. The zero-order valence-electron chi connectivity index (χ0n) is 11.2. The lowest BCUT2D eigenvalue weighted by Crippen LogP contribution is -2.03. The highest BCUT2D eigenvalue weighted by Gasteiger charge is 2.12. The maximum absolute atomic E-state index is 13.4. The Balaban J connectivity index is 2.22. The number of hydrogen-bond donors (Lipinski definition) is 2. The number of nitrogens with one attached hydrogen (secondary N) is 2. The van der Waals surface area contributed by atoms with Gasteiger partial charge in [-0.3, -0.25) is 5.10 Å². The Morgan fingerprint density at radius 3 is 2.90 bits per heavy atom. The Morgan fingerprint density at radius 2 is 2.15 bits per heavy atom. The molecular weight excluding hydrogens is 257 g/mol. The van der Waals surface area contributed by atoms with Crippen LogP contribution in [-0.2, 0) is 0 Å². The minimum atomic E-state index is -0.224. The van der Waals surface area contributed by atoms with Crippen LogP contribution in [0.3, 0.4) is 0 Å². The molecule has 3 rings (SSSR count). The molecule has 0 atom stereocenters. The van der Waals surface area contributed by atoms with E-state index < -0.39 is 0 Å². The van der Waals surface area contributed by atoms with Gasteiger partial charge in [-0.25, -0.2) is 9.37 Å². The molecule has 0 spiro atoms. The smallest absolute Gasteiger partial charge is 0.225 e. The first kappa shape index (κ1) is 12.5. The van der Waals surface area contributed by atoms with E-state index in [0.29, 0.717) is 17.2 Å². The monoisotopic (exact) mass is 271 g/mol. The molecule has 0 saturated carbocycles. The van der Waals surface area contributed by atoms with Crippen molar-refractivity contribution in [3.8, 4) is 11.3 Å². The molecule has 2 N–H and O–H groups in total. The number of anilines is 1. The van der Waals surface area contributed by atoms with Crippen molar-refractivity contribution in [1.29, 1.82) is 0 Å². The van der Waals surface area contributed by atoms with E-state index in [-0.39, 0.29) is 5.82 Å². The number of rotatable bonds is 3. The van der Waals surface area contributed by atoms with Crippen LogP contribution in [0.25, 0.3) is 22.3 Å². The molecule has 0 aliphatic rings. The lowest BCUT2D eigenvalue weighted by Gasteiger charge is -2.07. The zero-order valence-corrected chi connectivity index (χ0v) is 11.2. The van der Waals surface area contributed by atoms with Gasteiger partial charge in [0.25, 0.3) is 0 Å². The number of halogens is 1. The predicted molar refractivity (Wildman–Crippen MR) is 76.0 cm³/mol. The van der Waals surface area contributed by atoms with Gasteiger partial charge >= 0.3 is 0 Å². The average molecular weight is 271 g/mol. The molecule has 0 radical (unpaired) electrons. The Labute approximate surface area is 115 Å². The number of hydrogen-bond acceptors (Lipinski definition) is 4. The third kappa shape index (κ3) is 2.09. The Bertz CT molecular complexity index is 765. The third-order valence-corrected chi connectivity index (χ3v) is 3.08. The summed E-state index contributed by atoms with van der Waals surface area (Å²) in [5, 5.41) is 10.7. The second-order valence-electron chi connectivity index (χ2n) is 4.52. The molecule has 102 valence electrons. The minimum absolute atomic E-state index is 0.224. The average Bonchev–Trinajstić information content (AvgIpc) is 2.89. The molecular formula is C14H14FN5. The minimum Gasteiger partial charge on any atom is -0.354 e. The number of nitrogens with zero attached hydrogens (tertiary/aromatic N) is 3. The van der Waals surface area contributed by atoms with E-state index in [1.165, 1.54) is 6.07 Å². The van der Waals surface area contributed by atoms with E-state index >= 15 is 0 Å². The van der Waals surface area contributed by atoms with E-state index in [2.05, 4.69) is 25.5 Å². The maximum atomic E-state index is 13.4. The van der Waals surface area contributed by atoms with Gasteiger partial charge in [0, 0.05) is 12.1 Å². The topological polar surface area (TPSA) is 66.5 Å². The molecule has 0 aliphatic carbocycles. The van der Waals surface area contributed by atoms with Gasteiger partial charge in [0.05, 0.1) is 17.3 Å². The van der Waals surface area contributed by atoms with Crippen LogP contribution in [0.1, 0.15) is 12.5 Å². The van der Waals surface area contributed by atoms with E-state index in [1.807, 2.05) is 6.92 Å². The zero-order chi connectivity index (χ0) is 14.1. The quantitative estimate of drug-likeness (QED) is 0.768. The molecule has 0 bridgehead atoms. The van der Waals surface area contributed by atoms with Gasteiger partial charge in [0.2, 0.25) is 5.95 Å². The van der Waals surface area contributed by atoms with Crippen LogP contribution in [0, 0.1) is 12.7 Å². The van der Waals surface area contributed by atoms with Crippen LogP contribution >= 0.6 is 0 Å². The summed E-state index contributed by atoms with van der Waals surface area (Å²) in [6.07, 6.45) is 1.68. The van der Waals surface area contributed by atoms with Crippen molar-refractivity contribution in [3.05, 3.63) is 35.8 Å². The Morgan fingerprint density at radius 1 is 1.30 bits per heavy atom. The number of aromatic amines is 1. The van der Waals surface area contributed by atoms with E-state index in [9.17, 15) is 4.39 Å². The molecule has 2 heterocycles. The summed E-state index contributed by atoms with van der Waals surface area (Å²) < 4.78 is 13.4. The van der Waals surface area contributed by atoms with Crippen molar-refractivity contribution in [1.82, 2.24) is 20.2 Å². The first-order valence-electron chi connectivity index (χ1n) is 6.40. The summed E-state index contributed by atoms with van der Waals surface area (Å²) >= 11 is 0. The normalized spacial score (nSPS) is 10.9. The van der Waals surface area contributed by atoms with E-state index in [1.54, 1.807) is 25.3 Å². The first-order valence-corrected chi connectivity index (χ1v) is 6.40. The first-order chi connectivity index (χ1) is 9.69. The number of benzene rings is 1. The molecule has 0 amide bonds. The summed E-state index contributed by atoms with van der Waals surface area (Å²) in [5.41, 5.74) is 2.83. The lowest BCUT2D eigenvalue weighted by atomic mass is 10.1. The molecule has 2 aromatic heterocycles. The number of H-pyrrole nitrogens is 1. The second kappa shape index (κ2) is 4.88. The van der Waals surface area contributed by atoms with Crippen molar-refractivity contribution in [2.75, 3.05) is 11.9 Å². The van der Waals surface area contributed by atoms with E-state index in [4.69, 9.17) is 0 Å². The molecule has 0 saturated heterocycles. The third-order valence-electron chi connectivity index (χ3n) is 3.08. The van der Waals surface area contributed by atoms with Crippen molar-refractivity contribution in [3.63, 3.8) is 0 Å². The van der Waals surface area contributed by atoms with Gasteiger partial charge in [-0.1, -0.05) is 0 Å². The fourth-order valence-corrected chi connectivity index (χ4v) is 2.08. The van der Waals surface area contributed by atoms with Crippen LogP contribution < -0.4 is 5.32 Å². The maximum Gasteiger partial charge on any atom is 0.225 e. The van der Waals surface area contributed by atoms with Crippen molar-refractivity contribution < 1.29 is 4.39 Å². The SMILES string of the molecule is CCNc1nc(-c2ccc(F)c(C)c2)c2cn[nH]c2n1. The van der Waals surface area contributed by atoms with Crippen molar-refractivity contribution >= 4 is 17.0 Å². The highest BCUT2D eigenvalue weighted by Crippen LogP contribution is 2.27. The van der Waals surface area contributed by atoms with E-state index in [0.717, 1.165) is 23.2 Å². The summed E-state index contributed by atoms with van der Waals surface area (Å²) in [4.78, 5) is 8.84. The molecule has 5 nitrogen and oxygen atoms in total. The van der Waals surface area contributed by atoms with Gasteiger partial charge in [0.15, 0.2) is 5.65 Å². The fourth-order valence-electron chi connectivity index (χ4n) is 2.08. The molecule has 0 fully saturated rings. The van der Waals surface area contributed by atoms with Crippen LogP contribution in [0.4, 0.5) is 10.3 Å². The summed E-state index contributed by atoms with van der Waals surface area (Å²) in [5.74, 6) is 0.305. The predicted octanol–water partition coefficient (Wildman–Crippen LogP) is 2.90. The van der Waals surface area contributed by atoms with Gasteiger partial charge in [-0.2, -0.15) is 10.1 Å². The number of aromatic nitrogens is 4. The summed E-state index contributed by atoms with van der Waals surface area (Å²) in [7, 11) is 0. The van der Waals surface area contributed by atoms with Gasteiger partial charge < -0.3 is 5.32 Å². The van der Waals surface area contributed by atoms with Gasteiger partial charge in [0.1, 0.15) is 5.82 Å². The Kier molecular flexibility index (Phi) is 3.06. The van der Waals surface area contributed by atoms with Gasteiger partial charge in [-0.05, 0) is 37.6 Å². The molecule has 6 heteroatoms. The fraction of sp³-hybridized carbons (Fsp3) is 0.214. The lowest BCUT2D eigenvalue weighted by molar-refractivity contribution is 0.619. The van der Waals surface area contributed by atoms with Gasteiger partial charge in [-0.15, -0.1) is 0 Å². The molecule has 20 heavy (non-hydrogen) atoms. The molecule has 1 aromatic carbocycles. The second-order valence-corrected chi connectivity index (χ2v) is 4.52. The summed E-state index contributed by atoms with van der Waals surface area (Å²) in [6.45, 7) is 4.43.